The molecule has 0 radical (unpaired) electrons. The Morgan fingerprint density at radius 1 is 1.21 bits per heavy atom. The van der Waals surface area contributed by atoms with Crippen LogP contribution < -0.4 is 10.1 Å². The van der Waals surface area contributed by atoms with Gasteiger partial charge in [-0.05, 0) is 70.4 Å². The predicted molar refractivity (Wildman–Crippen MR) is 114 cm³/mol. The Bertz CT molecular complexity index is 860. The van der Waals surface area contributed by atoms with Crippen LogP contribution in [-0.4, -0.2) is 24.6 Å². The Kier molecular flexibility index (Phi) is 7.89. The Morgan fingerprint density at radius 2 is 1.93 bits per heavy atom. The number of esters is 1. The van der Waals surface area contributed by atoms with Crippen LogP contribution in [0.4, 0.5) is 5.00 Å². The normalized spacial score (nSPS) is 10.8. The van der Waals surface area contributed by atoms with Crippen LogP contribution in [0.25, 0.3) is 0 Å². The molecule has 0 aliphatic carbocycles. The highest BCUT2D eigenvalue weighted by atomic mass is 35.5. The standard InChI is InChI=1S/C21H26ClNO4S/c1-12(2)27-21(25)19-14(4)15(5)28-20(19)23-18(24)7-6-10-26-17-9-8-16(22)11-13(17)3/h8-9,11-12H,6-7,10H2,1-5H3,(H,23,24). The first-order chi connectivity index (χ1) is 13.2. The fraction of sp³-hybridized carbons (Fsp3) is 0.429. The van der Waals surface area contributed by atoms with Gasteiger partial charge in [-0.15, -0.1) is 11.3 Å². The molecule has 0 spiro atoms. The number of thiophene rings is 1. The number of anilines is 1. The van der Waals surface area contributed by atoms with Crippen LogP contribution in [-0.2, 0) is 9.53 Å². The lowest BCUT2D eigenvalue weighted by Crippen LogP contribution is -2.17. The van der Waals surface area contributed by atoms with Gasteiger partial charge in [-0.25, -0.2) is 4.79 Å². The van der Waals surface area contributed by atoms with Crippen LogP contribution in [0.1, 0.15) is 53.1 Å². The lowest BCUT2D eigenvalue weighted by molar-refractivity contribution is -0.116. The predicted octanol–water partition coefficient (Wildman–Crippen LogP) is 5.69. The van der Waals surface area contributed by atoms with E-state index in [1.165, 1.54) is 11.3 Å². The van der Waals surface area contributed by atoms with Crippen molar-refractivity contribution >= 4 is 39.8 Å². The second-order valence-corrected chi connectivity index (χ2v) is 8.51. The van der Waals surface area contributed by atoms with E-state index in [2.05, 4.69) is 5.32 Å². The van der Waals surface area contributed by atoms with Gasteiger partial charge in [-0.1, -0.05) is 11.6 Å². The zero-order valence-electron chi connectivity index (χ0n) is 16.8. The molecule has 7 heteroatoms. The van der Waals surface area contributed by atoms with Crippen LogP contribution in [0.2, 0.25) is 5.02 Å². The molecule has 152 valence electrons. The summed E-state index contributed by atoms with van der Waals surface area (Å²) in [6, 6.07) is 5.43. The van der Waals surface area contributed by atoms with E-state index in [0.29, 0.717) is 35.0 Å². The molecule has 2 rings (SSSR count). The molecule has 0 atom stereocenters. The summed E-state index contributed by atoms with van der Waals surface area (Å²) in [6.45, 7) is 9.72. The number of nitrogens with one attached hydrogen (secondary N) is 1. The number of amides is 1. The Morgan fingerprint density at radius 3 is 2.57 bits per heavy atom. The minimum absolute atomic E-state index is 0.156. The molecule has 0 fully saturated rings. The van der Waals surface area contributed by atoms with Gasteiger partial charge in [0.05, 0.1) is 18.3 Å². The van der Waals surface area contributed by atoms with Crippen molar-refractivity contribution in [1.82, 2.24) is 0 Å². The number of carbonyl (C=O) groups excluding carboxylic acids is 2. The second kappa shape index (κ2) is 9.94. The van der Waals surface area contributed by atoms with Gasteiger partial charge in [-0.3, -0.25) is 4.79 Å². The number of hydrogen-bond donors (Lipinski definition) is 1. The first-order valence-electron chi connectivity index (χ1n) is 9.18. The molecule has 0 unspecified atom stereocenters. The summed E-state index contributed by atoms with van der Waals surface area (Å²) < 4.78 is 11.0. The fourth-order valence-electron chi connectivity index (χ4n) is 2.61. The number of rotatable bonds is 8. The summed E-state index contributed by atoms with van der Waals surface area (Å²) >= 11 is 7.32. The summed E-state index contributed by atoms with van der Waals surface area (Å²) in [5.41, 5.74) is 2.24. The van der Waals surface area contributed by atoms with E-state index in [1.807, 2.05) is 32.9 Å². The summed E-state index contributed by atoms with van der Waals surface area (Å²) in [4.78, 5) is 25.7. The lowest BCUT2D eigenvalue weighted by atomic mass is 10.1. The molecule has 1 heterocycles. The second-order valence-electron chi connectivity index (χ2n) is 6.85. The van der Waals surface area contributed by atoms with Crippen LogP contribution in [0, 0.1) is 20.8 Å². The smallest absolute Gasteiger partial charge is 0.341 e. The van der Waals surface area contributed by atoms with Crippen LogP contribution >= 0.6 is 22.9 Å². The van der Waals surface area contributed by atoms with Crippen molar-refractivity contribution in [3.05, 3.63) is 44.8 Å². The molecule has 1 aromatic heterocycles. The fourth-order valence-corrected chi connectivity index (χ4v) is 3.90. The molecule has 0 aliphatic rings. The third-order valence-electron chi connectivity index (χ3n) is 4.13. The van der Waals surface area contributed by atoms with Gasteiger partial charge in [0.25, 0.3) is 0 Å². The molecule has 28 heavy (non-hydrogen) atoms. The van der Waals surface area contributed by atoms with Crippen molar-refractivity contribution in [1.29, 1.82) is 0 Å². The average Bonchev–Trinajstić information content (AvgIpc) is 2.86. The largest absolute Gasteiger partial charge is 0.493 e. The third-order valence-corrected chi connectivity index (χ3v) is 5.49. The number of halogens is 1. The molecule has 5 nitrogen and oxygen atoms in total. The van der Waals surface area contributed by atoms with Crippen molar-refractivity contribution in [3.8, 4) is 5.75 Å². The molecular formula is C21H26ClNO4S. The molecule has 0 aliphatic heterocycles. The van der Waals surface area contributed by atoms with E-state index >= 15 is 0 Å². The number of aryl methyl sites for hydroxylation is 2. The van der Waals surface area contributed by atoms with Gasteiger partial charge in [-0.2, -0.15) is 0 Å². The zero-order chi connectivity index (χ0) is 20.8. The Hall–Kier alpha value is -2.05. The number of carbonyl (C=O) groups is 2. The quantitative estimate of drug-likeness (QED) is 0.437. The summed E-state index contributed by atoms with van der Waals surface area (Å²) in [7, 11) is 0. The number of hydrogen-bond acceptors (Lipinski definition) is 5. The lowest BCUT2D eigenvalue weighted by Gasteiger charge is -2.11. The molecule has 1 aromatic carbocycles. The highest BCUT2D eigenvalue weighted by Gasteiger charge is 2.22. The van der Waals surface area contributed by atoms with Gasteiger partial charge in [0.1, 0.15) is 10.8 Å². The Balaban J connectivity index is 1.91. The maximum absolute atomic E-state index is 12.4. The molecule has 0 saturated carbocycles. The SMILES string of the molecule is Cc1cc(Cl)ccc1OCCCC(=O)Nc1sc(C)c(C)c1C(=O)OC(C)C. The third kappa shape index (κ3) is 5.97. The van der Waals surface area contributed by atoms with Gasteiger partial charge in [0, 0.05) is 16.3 Å². The maximum Gasteiger partial charge on any atom is 0.341 e. The minimum Gasteiger partial charge on any atom is -0.493 e. The highest BCUT2D eigenvalue weighted by Crippen LogP contribution is 2.33. The van der Waals surface area contributed by atoms with Crippen LogP contribution in [0.3, 0.4) is 0 Å². The molecule has 0 saturated heterocycles. The summed E-state index contributed by atoms with van der Waals surface area (Å²) in [5, 5.41) is 4.06. The van der Waals surface area contributed by atoms with Gasteiger partial charge < -0.3 is 14.8 Å². The van der Waals surface area contributed by atoms with Crippen molar-refractivity contribution in [2.45, 2.75) is 53.6 Å². The zero-order valence-corrected chi connectivity index (χ0v) is 18.4. The summed E-state index contributed by atoms with van der Waals surface area (Å²) in [6.07, 6.45) is 0.633. The Labute approximate surface area is 175 Å². The van der Waals surface area contributed by atoms with Crippen molar-refractivity contribution < 1.29 is 19.1 Å². The van der Waals surface area contributed by atoms with Crippen molar-refractivity contribution in [2.75, 3.05) is 11.9 Å². The first-order valence-corrected chi connectivity index (χ1v) is 10.4. The van der Waals surface area contributed by atoms with Crippen molar-refractivity contribution in [2.24, 2.45) is 0 Å². The monoisotopic (exact) mass is 423 g/mol. The van der Waals surface area contributed by atoms with Crippen molar-refractivity contribution in [3.63, 3.8) is 0 Å². The average molecular weight is 424 g/mol. The molecular weight excluding hydrogens is 398 g/mol. The van der Waals surface area contributed by atoms with Crippen LogP contribution in [0.15, 0.2) is 18.2 Å². The molecule has 1 N–H and O–H groups in total. The van der Waals surface area contributed by atoms with Crippen LogP contribution in [0.5, 0.6) is 5.75 Å². The molecule has 2 aromatic rings. The van der Waals surface area contributed by atoms with E-state index < -0.39 is 5.97 Å². The number of ether oxygens (including phenoxy) is 2. The maximum atomic E-state index is 12.4. The number of benzene rings is 1. The highest BCUT2D eigenvalue weighted by molar-refractivity contribution is 7.16. The van der Waals surface area contributed by atoms with Gasteiger partial charge in [0.2, 0.25) is 5.91 Å². The van der Waals surface area contributed by atoms with E-state index in [4.69, 9.17) is 21.1 Å². The van der Waals surface area contributed by atoms with E-state index in [1.54, 1.807) is 19.9 Å². The van der Waals surface area contributed by atoms with E-state index in [0.717, 1.165) is 21.8 Å². The minimum atomic E-state index is -0.409. The van der Waals surface area contributed by atoms with Gasteiger partial charge >= 0.3 is 5.97 Å². The topological polar surface area (TPSA) is 64.6 Å². The van der Waals surface area contributed by atoms with E-state index in [-0.39, 0.29) is 12.0 Å². The molecule has 1 amide bonds. The molecule has 0 bridgehead atoms. The van der Waals surface area contributed by atoms with Gasteiger partial charge in [0.15, 0.2) is 0 Å². The first kappa shape index (κ1) is 22.2. The van der Waals surface area contributed by atoms with E-state index in [9.17, 15) is 9.59 Å². The summed E-state index contributed by atoms with van der Waals surface area (Å²) in [5.74, 6) is 0.193.